The highest BCUT2D eigenvalue weighted by Crippen LogP contribution is 2.45. The van der Waals surface area contributed by atoms with Gasteiger partial charge in [-0.3, -0.25) is 4.79 Å². The van der Waals surface area contributed by atoms with Gasteiger partial charge in [-0.25, -0.2) is 15.0 Å². The SMILES string of the molecule is CCOC(=O)C1CCC(C(C)(O)c2ncc(-c3cc(C)cc(Nc4nccc(C)n4)c3)s2)CC1C. The molecule has 0 saturated heterocycles. The van der Waals surface area contributed by atoms with Crippen LogP contribution in [0.3, 0.4) is 0 Å². The van der Waals surface area contributed by atoms with Crippen molar-refractivity contribution in [3.8, 4) is 10.4 Å². The molecule has 0 radical (unpaired) electrons. The monoisotopic (exact) mass is 494 g/mol. The molecule has 0 amide bonds. The van der Waals surface area contributed by atoms with Crippen LogP contribution in [0.2, 0.25) is 0 Å². The fourth-order valence-electron chi connectivity index (χ4n) is 4.96. The van der Waals surface area contributed by atoms with Crippen molar-refractivity contribution < 1.29 is 14.6 Å². The van der Waals surface area contributed by atoms with Gasteiger partial charge in [0.25, 0.3) is 0 Å². The molecule has 2 heterocycles. The number of hydrogen-bond donors (Lipinski definition) is 2. The number of anilines is 2. The molecule has 7 nitrogen and oxygen atoms in total. The van der Waals surface area contributed by atoms with Gasteiger partial charge in [0.1, 0.15) is 10.6 Å². The molecule has 1 fully saturated rings. The summed E-state index contributed by atoms with van der Waals surface area (Å²) in [6.07, 6.45) is 5.84. The highest BCUT2D eigenvalue weighted by molar-refractivity contribution is 7.15. The van der Waals surface area contributed by atoms with Crippen LogP contribution < -0.4 is 5.32 Å². The predicted octanol–water partition coefficient (Wildman–Crippen LogP) is 5.78. The van der Waals surface area contributed by atoms with Gasteiger partial charge in [0.05, 0.1) is 17.4 Å². The highest BCUT2D eigenvalue weighted by Gasteiger charge is 2.43. The molecule has 4 rings (SSSR count). The van der Waals surface area contributed by atoms with E-state index in [-0.39, 0.29) is 23.7 Å². The summed E-state index contributed by atoms with van der Waals surface area (Å²) < 4.78 is 5.25. The molecule has 35 heavy (non-hydrogen) atoms. The fourth-order valence-corrected chi connectivity index (χ4v) is 5.99. The lowest BCUT2D eigenvalue weighted by atomic mass is 9.69. The lowest BCUT2D eigenvalue weighted by Gasteiger charge is -2.39. The van der Waals surface area contributed by atoms with Gasteiger partial charge in [0.2, 0.25) is 5.95 Å². The van der Waals surface area contributed by atoms with Gasteiger partial charge < -0.3 is 15.2 Å². The number of benzene rings is 1. The van der Waals surface area contributed by atoms with E-state index in [1.54, 1.807) is 6.20 Å². The molecule has 0 aliphatic heterocycles. The van der Waals surface area contributed by atoms with Crippen molar-refractivity contribution in [1.82, 2.24) is 15.0 Å². The molecule has 2 aromatic heterocycles. The third-order valence-electron chi connectivity index (χ3n) is 6.91. The zero-order valence-electron chi connectivity index (χ0n) is 21.0. The van der Waals surface area contributed by atoms with Crippen molar-refractivity contribution in [2.75, 3.05) is 11.9 Å². The standard InChI is InChI=1S/C27H34N4O3S/c1-6-34-24(32)22-8-7-20(13-17(22)3)27(5,33)25-29-15-23(35-25)19-11-16(2)12-21(14-19)31-26-28-10-9-18(4)30-26/h9-12,14-15,17,20,22,33H,6-8,13H2,1-5H3,(H,28,30,31). The molecule has 1 aliphatic rings. The van der Waals surface area contributed by atoms with Gasteiger partial charge in [-0.1, -0.05) is 13.0 Å². The van der Waals surface area contributed by atoms with Gasteiger partial charge in [-0.05, 0) is 88.1 Å². The second-order valence-electron chi connectivity index (χ2n) is 9.76. The molecular formula is C27H34N4O3S. The predicted molar refractivity (Wildman–Crippen MR) is 139 cm³/mol. The zero-order valence-corrected chi connectivity index (χ0v) is 21.9. The number of carbonyl (C=O) groups is 1. The number of aryl methyl sites for hydroxylation is 2. The second kappa shape index (κ2) is 10.4. The normalized spacial score (nSPS) is 21.8. The van der Waals surface area contributed by atoms with E-state index in [1.165, 1.54) is 11.3 Å². The Labute approximate surface area is 211 Å². The zero-order chi connectivity index (χ0) is 25.2. The van der Waals surface area contributed by atoms with E-state index in [1.807, 2.05) is 40.0 Å². The second-order valence-corrected chi connectivity index (χ2v) is 10.8. The Morgan fingerprint density at radius 1 is 1.26 bits per heavy atom. The molecule has 1 aromatic carbocycles. The van der Waals surface area contributed by atoms with Crippen LogP contribution in [-0.4, -0.2) is 32.6 Å². The van der Waals surface area contributed by atoms with E-state index in [0.717, 1.165) is 46.6 Å². The Kier molecular flexibility index (Phi) is 7.52. The minimum absolute atomic E-state index is 0.0374. The first-order valence-electron chi connectivity index (χ1n) is 12.2. The number of aliphatic hydroxyl groups is 1. The van der Waals surface area contributed by atoms with E-state index in [0.29, 0.717) is 17.6 Å². The maximum absolute atomic E-state index is 12.3. The third-order valence-corrected chi connectivity index (χ3v) is 8.18. The molecule has 0 spiro atoms. The van der Waals surface area contributed by atoms with Crippen LogP contribution in [0, 0.1) is 31.6 Å². The lowest BCUT2D eigenvalue weighted by molar-refractivity contribution is -0.153. The third kappa shape index (κ3) is 5.70. The first-order valence-corrected chi connectivity index (χ1v) is 13.0. The summed E-state index contributed by atoms with van der Waals surface area (Å²) >= 11 is 1.52. The molecule has 4 atom stereocenters. The molecule has 3 aromatic rings. The number of carbonyl (C=O) groups excluding carboxylic acids is 1. The van der Waals surface area contributed by atoms with Crippen LogP contribution in [0.25, 0.3) is 10.4 Å². The summed E-state index contributed by atoms with van der Waals surface area (Å²) in [5.74, 6) is 0.546. The molecule has 2 N–H and O–H groups in total. The van der Waals surface area contributed by atoms with Crippen molar-refractivity contribution in [3.05, 3.63) is 52.9 Å². The minimum Gasteiger partial charge on any atom is -0.466 e. The van der Waals surface area contributed by atoms with Gasteiger partial charge in [0, 0.05) is 23.8 Å². The Hall–Kier alpha value is -2.84. The van der Waals surface area contributed by atoms with Crippen molar-refractivity contribution >= 4 is 28.9 Å². The van der Waals surface area contributed by atoms with E-state index < -0.39 is 5.60 Å². The van der Waals surface area contributed by atoms with Crippen LogP contribution in [0.1, 0.15) is 56.3 Å². The van der Waals surface area contributed by atoms with Crippen LogP contribution in [0.4, 0.5) is 11.6 Å². The average molecular weight is 495 g/mol. The largest absolute Gasteiger partial charge is 0.466 e. The van der Waals surface area contributed by atoms with Gasteiger partial charge >= 0.3 is 5.97 Å². The molecule has 186 valence electrons. The van der Waals surface area contributed by atoms with Gasteiger partial charge in [-0.15, -0.1) is 11.3 Å². The summed E-state index contributed by atoms with van der Waals surface area (Å²) in [4.78, 5) is 26.6. The first kappa shape index (κ1) is 25.3. The number of nitrogens with one attached hydrogen (secondary N) is 1. The average Bonchev–Trinajstić information content (AvgIpc) is 3.30. The number of rotatable bonds is 7. The fraction of sp³-hybridized carbons (Fsp3) is 0.481. The summed E-state index contributed by atoms with van der Waals surface area (Å²) in [7, 11) is 0. The van der Waals surface area contributed by atoms with Crippen molar-refractivity contribution in [1.29, 1.82) is 0 Å². The molecule has 1 saturated carbocycles. The van der Waals surface area contributed by atoms with Crippen molar-refractivity contribution in [2.45, 2.75) is 59.5 Å². The molecular weight excluding hydrogens is 460 g/mol. The number of thiazole rings is 1. The van der Waals surface area contributed by atoms with Crippen LogP contribution in [-0.2, 0) is 15.1 Å². The van der Waals surface area contributed by atoms with Crippen molar-refractivity contribution in [2.24, 2.45) is 17.8 Å². The van der Waals surface area contributed by atoms with Gasteiger partial charge in [-0.2, -0.15) is 0 Å². The van der Waals surface area contributed by atoms with Gasteiger partial charge in [0.15, 0.2) is 0 Å². The molecule has 0 bridgehead atoms. The quantitative estimate of drug-likeness (QED) is 0.402. The minimum atomic E-state index is -1.06. The topological polar surface area (TPSA) is 97.2 Å². The van der Waals surface area contributed by atoms with Crippen LogP contribution in [0.5, 0.6) is 0 Å². The number of hydrogen-bond acceptors (Lipinski definition) is 8. The molecule has 8 heteroatoms. The van der Waals surface area contributed by atoms with Crippen LogP contribution >= 0.6 is 11.3 Å². The molecule has 4 unspecified atom stereocenters. The van der Waals surface area contributed by atoms with E-state index >= 15 is 0 Å². The summed E-state index contributed by atoms with van der Waals surface area (Å²) in [6.45, 7) is 10.2. The smallest absolute Gasteiger partial charge is 0.309 e. The van der Waals surface area contributed by atoms with Crippen molar-refractivity contribution in [3.63, 3.8) is 0 Å². The van der Waals surface area contributed by atoms with E-state index in [9.17, 15) is 9.90 Å². The Bertz CT molecular complexity index is 1190. The van der Waals surface area contributed by atoms with Crippen LogP contribution in [0.15, 0.2) is 36.7 Å². The molecule has 1 aliphatic carbocycles. The number of esters is 1. The Balaban J connectivity index is 1.51. The summed E-state index contributed by atoms with van der Waals surface area (Å²) in [6, 6.07) is 8.08. The number of aromatic nitrogens is 3. The Morgan fingerprint density at radius 2 is 2.06 bits per heavy atom. The first-order chi connectivity index (χ1) is 16.7. The number of nitrogens with zero attached hydrogens (tertiary/aromatic N) is 3. The lowest BCUT2D eigenvalue weighted by Crippen LogP contribution is -2.39. The summed E-state index contributed by atoms with van der Waals surface area (Å²) in [5.41, 5.74) is 2.87. The number of ether oxygens (including phenoxy) is 1. The maximum atomic E-state index is 12.3. The maximum Gasteiger partial charge on any atom is 0.309 e. The van der Waals surface area contributed by atoms with E-state index in [4.69, 9.17) is 4.74 Å². The Morgan fingerprint density at radius 3 is 2.77 bits per heavy atom. The van der Waals surface area contributed by atoms with E-state index in [2.05, 4.69) is 45.4 Å². The summed E-state index contributed by atoms with van der Waals surface area (Å²) in [5, 5.41) is 15.5. The highest BCUT2D eigenvalue weighted by atomic mass is 32.1.